The lowest BCUT2D eigenvalue weighted by atomic mass is 10.2. The van der Waals surface area contributed by atoms with Crippen LogP contribution >= 0.6 is 11.8 Å². The molecule has 2 rings (SSSR count). The summed E-state index contributed by atoms with van der Waals surface area (Å²) in [5, 5.41) is 4.01. The number of carbonyl (C=O) groups excluding carboxylic acids is 1. The molecule has 1 aromatic heterocycles. The van der Waals surface area contributed by atoms with Crippen molar-refractivity contribution in [3.8, 4) is 0 Å². The van der Waals surface area contributed by atoms with Crippen molar-refractivity contribution in [1.29, 1.82) is 0 Å². The number of fused-ring (bicyclic) bond motifs is 1. The number of amides is 1. The van der Waals surface area contributed by atoms with E-state index in [9.17, 15) is 4.79 Å². The van der Waals surface area contributed by atoms with Crippen molar-refractivity contribution in [3.05, 3.63) is 42.6 Å². The lowest BCUT2D eigenvalue weighted by Crippen LogP contribution is -2.14. The summed E-state index contributed by atoms with van der Waals surface area (Å²) in [4.78, 5) is 14.9. The van der Waals surface area contributed by atoms with E-state index in [-0.39, 0.29) is 5.91 Å². The number of anilines is 1. The first-order chi connectivity index (χ1) is 8.69. The van der Waals surface area contributed by atoms with Gasteiger partial charge in [-0.3, -0.25) is 4.79 Å². The van der Waals surface area contributed by atoms with Gasteiger partial charge in [-0.15, -0.1) is 18.3 Å². The second-order valence-electron chi connectivity index (χ2n) is 4.11. The normalized spacial score (nSPS) is 10.5. The molecule has 0 aliphatic heterocycles. The molecule has 1 amide bonds. The molecule has 0 fully saturated rings. The molecular formula is C14H16N2OS. The Morgan fingerprint density at radius 2 is 2.33 bits per heavy atom. The van der Waals surface area contributed by atoms with Crippen LogP contribution in [0.15, 0.2) is 36.9 Å². The second-order valence-corrected chi connectivity index (χ2v) is 5.14. The first-order valence-corrected chi connectivity index (χ1v) is 6.92. The van der Waals surface area contributed by atoms with E-state index in [1.54, 1.807) is 17.8 Å². The Labute approximate surface area is 111 Å². The van der Waals surface area contributed by atoms with E-state index >= 15 is 0 Å². The number of aryl methyl sites for hydroxylation is 1. The number of aromatic amines is 1. The van der Waals surface area contributed by atoms with Gasteiger partial charge in [0.1, 0.15) is 0 Å². The number of benzene rings is 1. The van der Waals surface area contributed by atoms with Gasteiger partial charge in [0.15, 0.2) is 0 Å². The number of rotatable bonds is 5. The maximum Gasteiger partial charge on any atom is 0.234 e. The van der Waals surface area contributed by atoms with Crippen molar-refractivity contribution >= 4 is 34.3 Å². The van der Waals surface area contributed by atoms with Crippen LogP contribution in [0.5, 0.6) is 0 Å². The standard InChI is InChI=1S/C14H16N2OS/c1-3-6-18-9-14(17)16-12-4-5-13-11(8-12)7-10(2)15-13/h3-5,7-8,15H,1,6,9H2,2H3,(H,16,17). The number of H-pyrrole nitrogens is 1. The van der Waals surface area contributed by atoms with Gasteiger partial charge in [0.05, 0.1) is 5.75 Å². The van der Waals surface area contributed by atoms with E-state index in [1.165, 1.54) is 0 Å². The highest BCUT2D eigenvalue weighted by Gasteiger charge is 2.03. The highest BCUT2D eigenvalue weighted by molar-refractivity contribution is 8.00. The monoisotopic (exact) mass is 260 g/mol. The van der Waals surface area contributed by atoms with Crippen LogP contribution in [0.1, 0.15) is 5.69 Å². The van der Waals surface area contributed by atoms with Crippen molar-refractivity contribution in [2.75, 3.05) is 16.8 Å². The molecule has 0 aliphatic rings. The number of hydrogen-bond acceptors (Lipinski definition) is 2. The second kappa shape index (κ2) is 5.78. The zero-order chi connectivity index (χ0) is 13.0. The Morgan fingerprint density at radius 3 is 3.11 bits per heavy atom. The van der Waals surface area contributed by atoms with E-state index in [4.69, 9.17) is 0 Å². The number of nitrogens with one attached hydrogen (secondary N) is 2. The summed E-state index contributed by atoms with van der Waals surface area (Å²) in [6.45, 7) is 5.64. The first-order valence-electron chi connectivity index (χ1n) is 5.77. The van der Waals surface area contributed by atoms with Crippen LogP contribution in [0.2, 0.25) is 0 Å². The van der Waals surface area contributed by atoms with Crippen molar-refractivity contribution < 1.29 is 4.79 Å². The van der Waals surface area contributed by atoms with E-state index < -0.39 is 0 Å². The lowest BCUT2D eigenvalue weighted by Gasteiger charge is -2.04. The minimum Gasteiger partial charge on any atom is -0.359 e. The van der Waals surface area contributed by atoms with Gasteiger partial charge in [0.25, 0.3) is 0 Å². The van der Waals surface area contributed by atoms with Gasteiger partial charge < -0.3 is 10.3 Å². The first kappa shape index (κ1) is 12.8. The van der Waals surface area contributed by atoms with E-state index in [1.807, 2.05) is 25.1 Å². The van der Waals surface area contributed by atoms with Gasteiger partial charge in [0, 0.05) is 28.0 Å². The largest absolute Gasteiger partial charge is 0.359 e. The minimum absolute atomic E-state index is 0.0217. The molecule has 0 spiro atoms. The summed E-state index contributed by atoms with van der Waals surface area (Å²) in [5.41, 5.74) is 3.05. The van der Waals surface area contributed by atoms with Crippen LogP contribution < -0.4 is 5.32 Å². The summed E-state index contributed by atoms with van der Waals surface area (Å²) < 4.78 is 0. The molecule has 1 heterocycles. The molecule has 2 aromatic rings. The van der Waals surface area contributed by atoms with Crippen molar-refractivity contribution in [3.63, 3.8) is 0 Å². The Kier molecular flexibility index (Phi) is 4.10. The number of carbonyl (C=O) groups is 1. The fourth-order valence-corrected chi connectivity index (χ4v) is 2.33. The fraction of sp³-hybridized carbons (Fsp3) is 0.214. The Balaban J connectivity index is 2.02. The summed E-state index contributed by atoms with van der Waals surface area (Å²) in [6, 6.07) is 7.94. The van der Waals surface area contributed by atoms with Crippen LogP contribution in [0, 0.1) is 6.92 Å². The molecule has 18 heavy (non-hydrogen) atoms. The van der Waals surface area contributed by atoms with Crippen molar-refractivity contribution in [2.45, 2.75) is 6.92 Å². The fourth-order valence-electron chi connectivity index (χ4n) is 1.79. The molecule has 2 N–H and O–H groups in total. The molecule has 1 aromatic carbocycles. The molecule has 0 saturated heterocycles. The molecular weight excluding hydrogens is 244 g/mol. The molecule has 0 saturated carbocycles. The predicted octanol–water partition coefficient (Wildman–Crippen LogP) is 3.33. The van der Waals surface area contributed by atoms with Gasteiger partial charge in [-0.25, -0.2) is 0 Å². The smallest absolute Gasteiger partial charge is 0.234 e. The molecule has 0 unspecified atom stereocenters. The summed E-state index contributed by atoms with van der Waals surface area (Å²) in [5.74, 6) is 1.27. The highest BCUT2D eigenvalue weighted by atomic mass is 32.2. The number of hydrogen-bond donors (Lipinski definition) is 2. The molecule has 0 radical (unpaired) electrons. The van der Waals surface area contributed by atoms with Crippen molar-refractivity contribution in [2.24, 2.45) is 0 Å². The average Bonchev–Trinajstić information content (AvgIpc) is 2.69. The van der Waals surface area contributed by atoms with E-state index in [0.29, 0.717) is 5.75 Å². The van der Waals surface area contributed by atoms with Crippen molar-refractivity contribution in [1.82, 2.24) is 4.98 Å². The molecule has 4 heteroatoms. The third kappa shape index (κ3) is 3.17. The summed E-state index contributed by atoms with van der Waals surface area (Å²) in [6.07, 6.45) is 1.80. The van der Waals surface area contributed by atoms with Gasteiger partial charge in [-0.2, -0.15) is 0 Å². The van der Waals surface area contributed by atoms with Crippen LogP contribution in [0.4, 0.5) is 5.69 Å². The Bertz CT molecular complexity index is 574. The molecule has 0 bridgehead atoms. The van der Waals surface area contributed by atoms with Gasteiger partial charge in [-0.05, 0) is 31.2 Å². The third-order valence-corrected chi connectivity index (χ3v) is 3.45. The molecule has 3 nitrogen and oxygen atoms in total. The molecule has 94 valence electrons. The van der Waals surface area contributed by atoms with Gasteiger partial charge >= 0.3 is 0 Å². The van der Waals surface area contributed by atoms with Gasteiger partial charge in [0.2, 0.25) is 5.91 Å². The Morgan fingerprint density at radius 1 is 1.50 bits per heavy atom. The van der Waals surface area contributed by atoms with Gasteiger partial charge in [-0.1, -0.05) is 6.08 Å². The topological polar surface area (TPSA) is 44.9 Å². The Hall–Kier alpha value is -1.68. The zero-order valence-corrected chi connectivity index (χ0v) is 11.1. The summed E-state index contributed by atoms with van der Waals surface area (Å²) >= 11 is 1.55. The van der Waals surface area contributed by atoms with Crippen LogP contribution in [-0.4, -0.2) is 22.4 Å². The quantitative estimate of drug-likeness (QED) is 0.639. The average molecular weight is 260 g/mol. The van der Waals surface area contributed by atoms with Crippen LogP contribution in [0.3, 0.4) is 0 Å². The van der Waals surface area contributed by atoms with E-state index in [0.717, 1.165) is 28.0 Å². The highest BCUT2D eigenvalue weighted by Crippen LogP contribution is 2.19. The lowest BCUT2D eigenvalue weighted by molar-refractivity contribution is -0.113. The zero-order valence-electron chi connectivity index (χ0n) is 10.3. The maximum atomic E-state index is 11.7. The SMILES string of the molecule is C=CCSCC(=O)Nc1ccc2[nH]c(C)cc2c1. The number of aromatic nitrogens is 1. The number of thioether (sulfide) groups is 1. The van der Waals surface area contributed by atoms with Crippen LogP contribution in [-0.2, 0) is 4.79 Å². The maximum absolute atomic E-state index is 11.7. The minimum atomic E-state index is 0.0217. The summed E-state index contributed by atoms with van der Waals surface area (Å²) in [7, 11) is 0. The van der Waals surface area contributed by atoms with Crippen LogP contribution in [0.25, 0.3) is 10.9 Å². The third-order valence-electron chi connectivity index (χ3n) is 2.51. The predicted molar refractivity (Wildman–Crippen MR) is 79.2 cm³/mol. The molecule has 0 aliphatic carbocycles. The van der Waals surface area contributed by atoms with E-state index in [2.05, 4.69) is 22.9 Å². The molecule has 0 atom stereocenters.